The van der Waals surface area contributed by atoms with E-state index >= 15 is 0 Å². The molecule has 0 spiro atoms. The van der Waals surface area contributed by atoms with E-state index in [9.17, 15) is 9.90 Å². The third-order valence-electron chi connectivity index (χ3n) is 2.40. The molecule has 0 saturated carbocycles. The molecule has 0 unspecified atom stereocenters. The Hall–Kier alpha value is -1.16. The molecule has 0 saturated heterocycles. The summed E-state index contributed by atoms with van der Waals surface area (Å²) in [6.07, 6.45) is 0. The highest BCUT2D eigenvalue weighted by Crippen LogP contribution is 2.30. The van der Waals surface area contributed by atoms with Gasteiger partial charge in [-0.15, -0.1) is 11.8 Å². The van der Waals surface area contributed by atoms with Gasteiger partial charge < -0.3 is 10.0 Å². The summed E-state index contributed by atoms with van der Waals surface area (Å²) in [5, 5.41) is 9.28. The summed E-state index contributed by atoms with van der Waals surface area (Å²) in [4.78, 5) is 14.1. The summed E-state index contributed by atoms with van der Waals surface area (Å²) in [6, 6.07) is 5.63. The third-order valence-corrected chi connectivity index (χ3v) is 3.34. The van der Waals surface area contributed by atoms with Crippen LogP contribution >= 0.6 is 11.8 Å². The maximum atomic E-state index is 11.3. The Morgan fingerprint density at radius 3 is 2.62 bits per heavy atom. The molecule has 0 radical (unpaired) electrons. The number of anilines is 1. The summed E-state index contributed by atoms with van der Waals surface area (Å²) in [7, 11) is 1.90. The van der Waals surface area contributed by atoms with Gasteiger partial charge in [-0.25, -0.2) is 4.79 Å². The number of benzene rings is 1. The van der Waals surface area contributed by atoms with Gasteiger partial charge in [-0.2, -0.15) is 0 Å². The maximum absolute atomic E-state index is 11.3. The van der Waals surface area contributed by atoms with E-state index in [0.29, 0.717) is 5.56 Å². The summed E-state index contributed by atoms with van der Waals surface area (Å²) in [5.41, 5.74) is 1.20. The smallest absolute Gasteiger partial charge is 0.338 e. The van der Waals surface area contributed by atoms with Crippen LogP contribution in [0.2, 0.25) is 0 Å². The van der Waals surface area contributed by atoms with E-state index in [1.54, 1.807) is 11.8 Å². The zero-order chi connectivity index (χ0) is 12.1. The average molecular weight is 239 g/mol. The largest absolute Gasteiger partial charge is 0.478 e. The van der Waals surface area contributed by atoms with Crippen molar-refractivity contribution < 1.29 is 9.90 Å². The number of carbonyl (C=O) groups is 1. The fourth-order valence-electron chi connectivity index (χ4n) is 1.50. The zero-order valence-corrected chi connectivity index (χ0v) is 10.7. The van der Waals surface area contributed by atoms with Crippen LogP contribution in [0.5, 0.6) is 0 Å². The first-order valence-corrected chi connectivity index (χ1v) is 6.30. The number of nitrogens with zero attached hydrogens (tertiary/aromatic N) is 1. The van der Waals surface area contributed by atoms with Crippen molar-refractivity contribution in [2.45, 2.75) is 18.7 Å². The monoisotopic (exact) mass is 239 g/mol. The molecule has 0 aromatic heterocycles. The molecule has 1 N–H and O–H groups in total. The lowest BCUT2D eigenvalue weighted by Gasteiger charge is -2.20. The van der Waals surface area contributed by atoms with E-state index in [-0.39, 0.29) is 0 Å². The first-order valence-electron chi connectivity index (χ1n) is 5.32. The predicted molar refractivity (Wildman–Crippen MR) is 68.7 cm³/mol. The number of carboxylic acid groups (broad SMARTS) is 1. The standard InChI is InChI=1S/C12H17NO2S/c1-4-13(3)9-7-6-8-10(16-5-2)11(9)12(14)15/h6-8H,4-5H2,1-3H3,(H,14,15). The van der Waals surface area contributed by atoms with Crippen molar-refractivity contribution in [1.82, 2.24) is 0 Å². The van der Waals surface area contributed by atoms with Gasteiger partial charge in [0.2, 0.25) is 0 Å². The molecular formula is C12H17NO2S. The first kappa shape index (κ1) is 12.9. The van der Waals surface area contributed by atoms with Crippen LogP contribution in [0.25, 0.3) is 0 Å². The molecule has 1 aromatic rings. The molecule has 88 valence electrons. The Bertz CT molecular complexity index is 379. The van der Waals surface area contributed by atoms with Gasteiger partial charge in [0.15, 0.2) is 0 Å². The Morgan fingerprint density at radius 2 is 2.12 bits per heavy atom. The highest BCUT2D eigenvalue weighted by Gasteiger charge is 2.17. The topological polar surface area (TPSA) is 40.5 Å². The minimum Gasteiger partial charge on any atom is -0.478 e. The lowest BCUT2D eigenvalue weighted by atomic mass is 10.1. The molecule has 1 aromatic carbocycles. The number of hydrogen-bond acceptors (Lipinski definition) is 3. The molecular weight excluding hydrogens is 222 g/mol. The minimum atomic E-state index is -0.855. The van der Waals surface area contributed by atoms with E-state index in [1.807, 2.05) is 44.0 Å². The van der Waals surface area contributed by atoms with Crippen LogP contribution in [0.1, 0.15) is 24.2 Å². The quantitative estimate of drug-likeness (QED) is 0.802. The molecule has 0 heterocycles. The number of rotatable bonds is 5. The van der Waals surface area contributed by atoms with Crippen LogP contribution < -0.4 is 4.90 Å². The van der Waals surface area contributed by atoms with Crippen molar-refractivity contribution in [3.8, 4) is 0 Å². The first-order chi connectivity index (χ1) is 7.61. The molecule has 0 aliphatic rings. The second kappa shape index (κ2) is 5.80. The molecule has 0 fully saturated rings. The summed E-state index contributed by atoms with van der Waals surface area (Å²) in [5.74, 6) is 0.0198. The lowest BCUT2D eigenvalue weighted by Crippen LogP contribution is -2.19. The Kier molecular flexibility index (Phi) is 4.68. The highest BCUT2D eigenvalue weighted by atomic mass is 32.2. The number of hydrogen-bond donors (Lipinski definition) is 1. The minimum absolute atomic E-state index is 0.415. The van der Waals surface area contributed by atoms with Crippen LogP contribution in [-0.4, -0.2) is 30.4 Å². The molecule has 4 heteroatoms. The normalized spacial score (nSPS) is 10.2. The van der Waals surface area contributed by atoms with Gasteiger partial charge in [0.25, 0.3) is 0 Å². The van der Waals surface area contributed by atoms with Crippen molar-refractivity contribution in [3.63, 3.8) is 0 Å². The summed E-state index contributed by atoms with van der Waals surface area (Å²) < 4.78 is 0. The second-order valence-corrected chi connectivity index (χ2v) is 4.71. The molecule has 1 rings (SSSR count). The lowest BCUT2D eigenvalue weighted by molar-refractivity contribution is 0.0694. The van der Waals surface area contributed by atoms with Crippen molar-refractivity contribution in [2.75, 3.05) is 24.2 Å². The van der Waals surface area contributed by atoms with Gasteiger partial charge in [-0.05, 0) is 24.8 Å². The number of carboxylic acids is 1. The predicted octanol–water partition coefficient (Wildman–Crippen LogP) is 2.95. The van der Waals surface area contributed by atoms with Crippen molar-refractivity contribution in [1.29, 1.82) is 0 Å². The maximum Gasteiger partial charge on any atom is 0.338 e. The molecule has 0 atom stereocenters. The van der Waals surface area contributed by atoms with Crippen LogP contribution in [0.3, 0.4) is 0 Å². The number of thioether (sulfide) groups is 1. The Morgan fingerprint density at radius 1 is 1.44 bits per heavy atom. The number of aromatic carboxylic acids is 1. The second-order valence-electron chi connectivity index (χ2n) is 3.40. The fourth-order valence-corrected chi connectivity index (χ4v) is 2.32. The molecule has 0 aliphatic heterocycles. The van der Waals surface area contributed by atoms with Crippen LogP contribution in [0, 0.1) is 0 Å². The highest BCUT2D eigenvalue weighted by molar-refractivity contribution is 7.99. The van der Waals surface area contributed by atoms with Gasteiger partial charge in [0, 0.05) is 18.5 Å². The fraction of sp³-hybridized carbons (Fsp3) is 0.417. The molecule has 0 bridgehead atoms. The molecule has 0 aliphatic carbocycles. The van der Waals surface area contributed by atoms with Gasteiger partial charge in [-0.1, -0.05) is 13.0 Å². The van der Waals surface area contributed by atoms with E-state index < -0.39 is 5.97 Å². The summed E-state index contributed by atoms with van der Waals surface area (Å²) in [6.45, 7) is 4.82. The Balaban J connectivity index is 3.26. The zero-order valence-electron chi connectivity index (χ0n) is 9.86. The van der Waals surface area contributed by atoms with E-state index in [1.165, 1.54) is 0 Å². The van der Waals surface area contributed by atoms with Crippen molar-refractivity contribution >= 4 is 23.4 Å². The van der Waals surface area contributed by atoms with Crippen molar-refractivity contribution in [3.05, 3.63) is 23.8 Å². The summed E-state index contributed by atoms with van der Waals surface area (Å²) >= 11 is 1.56. The average Bonchev–Trinajstić information content (AvgIpc) is 2.27. The molecule has 16 heavy (non-hydrogen) atoms. The molecule has 0 amide bonds. The van der Waals surface area contributed by atoms with E-state index in [4.69, 9.17) is 0 Å². The van der Waals surface area contributed by atoms with Crippen LogP contribution in [0.15, 0.2) is 23.1 Å². The van der Waals surface area contributed by atoms with E-state index in [0.717, 1.165) is 22.9 Å². The van der Waals surface area contributed by atoms with Crippen molar-refractivity contribution in [2.24, 2.45) is 0 Å². The van der Waals surface area contributed by atoms with Gasteiger partial charge in [0.1, 0.15) is 0 Å². The third kappa shape index (κ3) is 2.70. The van der Waals surface area contributed by atoms with E-state index in [2.05, 4.69) is 0 Å². The SMILES string of the molecule is CCSc1cccc(N(C)CC)c1C(=O)O. The molecule has 3 nitrogen and oxygen atoms in total. The van der Waals surface area contributed by atoms with Gasteiger partial charge in [-0.3, -0.25) is 0 Å². The van der Waals surface area contributed by atoms with Gasteiger partial charge >= 0.3 is 5.97 Å². The van der Waals surface area contributed by atoms with Gasteiger partial charge in [0.05, 0.1) is 11.3 Å². The van der Waals surface area contributed by atoms with Crippen LogP contribution in [0.4, 0.5) is 5.69 Å². The van der Waals surface area contributed by atoms with Crippen LogP contribution in [-0.2, 0) is 0 Å². The Labute approximate surface area is 100 Å².